The summed E-state index contributed by atoms with van der Waals surface area (Å²) < 4.78 is 21.4. The fourth-order valence-corrected chi connectivity index (χ4v) is 2.51. The normalized spacial score (nSPS) is 10.6. The standard InChI is InChI=1S/C22H23N3O6/c1-14(2)12-29-17-10-9-16(11-18(17)28-3)21(27)30-13-19(26)23-22-25-24-20(31-22)15-7-5-4-6-8-15/h4-11,14H,12-13H2,1-3H3,(H,23,25,26). The van der Waals surface area contributed by atoms with Gasteiger partial charge in [-0.3, -0.25) is 10.1 Å². The lowest BCUT2D eigenvalue weighted by Gasteiger charge is -2.13. The molecule has 1 amide bonds. The molecule has 0 atom stereocenters. The number of carbonyl (C=O) groups is 2. The summed E-state index contributed by atoms with van der Waals surface area (Å²) in [6.07, 6.45) is 0. The zero-order chi connectivity index (χ0) is 22.2. The van der Waals surface area contributed by atoms with E-state index in [0.717, 1.165) is 5.56 Å². The summed E-state index contributed by atoms with van der Waals surface area (Å²) in [5.41, 5.74) is 0.947. The number of carbonyl (C=O) groups excluding carboxylic acids is 2. The maximum Gasteiger partial charge on any atom is 0.338 e. The highest BCUT2D eigenvalue weighted by Crippen LogP contribution is 2.28. The number of amides is 1. The molecule has 0 aliphatic carbocycles. The topological polar surface area (TPSA) is 113 Å². The molecule has 0 saturated carbocycles. The monoisotopic (exact) mass is 425 g/mol. The number of nitrogens with zero attached hydrogens (tertiary/aromatic N) is 2. The molecule has 3 aromatic rings. The van der Waals surface area contributed by atoms with Gasteiger partial charge >= 0.3 is 12.0 Å². The maximum absolute atomic E-state index is 12.3. The quantitative estimate of drug-likeness (QED) is 0.518. The first kappa shape index (κ1) is 21.8. The highest BCUT2D eigenvalue weighted by atomic mass is 16.5. The minimum atomic E-state index is -0.681. The van der Waals surface area contributed by atoms with E-state index >= 15 is 0 Å². The molecule has 0 spiro atoms. The molecule has 0 saturated heterocycles. The summed E-state index contributed by atoms with van der Waals surface area (Å²) in [7, 11) is 1.48. The van der Waals surface area contributed by atoms with E-state index in [0.29, 0.717) is 24.0 Å². The number of anilines is 1. The number of aromatic nitrogens is 2. The molecule has 3 rings (SSSR count). The van der Waals surface area contributed by atoms with Gasteiger partial charge in [0, 0.05) is 5.56 Å². The van der Waals surface area contributed by atoms with Gasteiger partial charge in [-0.15, -0.1) is 5.10 Å². The highest BCUT2D eigenvalue weighted by Gasteiger charge is 2.16. The van der Waals surface area contributed by atoms with Gasteiger partial charge in [0.2, 0.25) is 5.89 Å². The van der Waals surface area contributed by atoms with E-state index in [1.807, 2.05) is 32.0 Å². The van der Waals surface area contributed by atoms with Crippen molar-refractivity contribution in [2.45, 2.75) is 13.8 Å². The number of rotatable bonds is 9. The summed E-state index contributed by atoms with van der Waals surface area (Å²) in [4.78, 5) is 24.3. The zero-order valence-corrected chi connectivity index (χ0v) is 17.5. The lowest BCUT2D eigenvalue weighted by molar-refractivity contribution is -0.119. The van der Waals surface area contributed by atoms with Crippen LogP contribution in [0.3, 0.4) is 0 Å². The van der Waals surface area contributed by atoms with Crippen LogP contribution in [0.4, 0.5) is 6.01 Å². The van der Waals surface area contributed by atoms with Gasteiger partial charge in [-0.05, 0) is 36.2 Å². The summed E-state index contributed by atoms with van der Waals surface area (Å²) in [5.74, 6) is 0.241. The van der Waals surface area contributed by atoms with Crippen LogP contribution in [-0.4, -0.2) is 42.4 Å². The second-order valence-electron chi connectivity index (χ2n) is 6.97. The van der Waals surface area contributed by atoms with Crippen LogP contribution >= 0.6 is 0 Å². The highest BCUT2D eigenvalue weighted by molar-refractivity contribution is 5.94. The maximum atomic E-state index is 12.3. The summed E-state index contributed by atoms with van der Waals surface area (Å²) in [6.45, 7) is 4.05. The predicted molar refractivity (Wildman–Crippen MR) is 112 cm³/mol. The van der Waals surface area contributed by atoms with Crippen LogP contribution in [0, 0.1) is 5.92 Å². The van der Waals surface area contributed by atoms with Crippen molar-refractivity contribution in [1.82, 2.24) is 10.2 Å². The van der Waals surface area contributed by atoms with E-state index in [1.54, 1.807) is 24.3 Å². The second-order valence-corrected chi connectivity index (χ2v) is 6.97. The lowest BCUT2D eigenvalue weighted by atomic mass is 10.2. The van der Waals surface area contributed by atoms with Crippen LogP contribution in [-0.2, 0) is 9.53 Å². The third-order valence-corrected chi connectivity index (χ3v) is 4.00. The van der Waals surface area contributed by atoms with E-state index < -0.39 is 18.5 Å². The molecule has 1 heterocycles. The van der Waals surface area contributed by atoms with E-state index in [2.05, 4.69) is 15.5 Å². The lowest BCUT2D eigenvalue weighted by Crippen LogP contribution is -2.21. The molecule has 0 radical (unpaired) electrons. The van der Waals surface area contributed by atoms with Gasteiger partial charge in [-0.2, -0.15) is 0 Å². The van der Waals surface area contributed by atoms with E-state index in [1.165, 1.54) is 13.2 Å². The van der Waals surface area contributed by atoms with Gasteiger partial charge in [0.05, 0.1) is 19.3 Å². The zero-order valence-electron chi connectivity index (χ0n) is 17.5. The molecule has 1 N–H and O–H groups in total. The van der Waals surface area contributed by atoms with Crippen molar-refractivity contribution in [2.24, 2.45) is 5.92 Å². The molecule has 162 valence electrons. The summed E-state index contributed by atoms with van der Waals surface area (Å²) in [5, 5.41) is 10.0. The van der Waals surface area contributed by atoms with Crippen molar-refractivity contribution in [3.8, 4) is 23.0 Å². The molecule has 0 aliphatic heterocycles. The molecular formula is C22H23N3O6. The Bertz CT molecular complexity index is 1030. The molecule has 0 aliphatic rings. The summed E-state index contributed by atoms with van der Waals surface area (Å²) in [6, 6.07) is 13.7. The average molecular weight is 425 g/mol. The van der Waals surface area contributed by atoms with Gasteiger partial charge < -0.3 is 18.6 Å². The number of hydrogen-bond acceptors (Lipinski definition) is 8. The Morgan fingerprint density at radius 1 is 1.06 bits per heavy atom. The van der Waals surface area contributed by atoms with Crippen molar-refractivity contribution >= 4 is 17.9 Å². The SMILES string of the molecule is COc1cc(C(=O)OCC(=O)Nc2nnc(-c3ccccc3)o2)ccc1OCC(C)C. The third kappa shape index (κ3) is 6.05. The fraction of sp³-hybridized carbons (Fsp3) is 0.273. The molecule has 2 aromatic carbocycles. The molecule has 9 heteroatoms. The molecule has 0 unspecified atom stereocenters. The number of methoxy groups -OCH3 is 1. The summed E-state index contributed by atoms with van der Waals surface area (Å²) >= 11 is 0. The number of nitrogens with one attached hydrogen (secondary N) is 1. The van der Waals surface area contributed by atoms with Crippen molar-refractivity contribution in [3.63, 3.8) is 0 Å². The smallest absolute Gasteiger partial charge is 0.338 e. The molecule has 9 nitrogen and oxygen atoms in total. The van der Waals surface area contributed by atoms with Crippen molar-refractivity contribution in [2.75, 3.05) is 25.6 Å². The van der Waals surface area contributed by atoms with Gasteiger partial charge in [0.1, 0.15) is 0 Å². The van der Waals surface area contributed by atoms with Gasteiger partial charge in [-0.1, -0.05) is 37.1 Å². The molecular weight excluding hydrogens is 402 g/mol. The van der Waals surface area contributed by atoms with Crippen LogP contribution in [0.25, 0.3) is 11.5 Å². The van der Waals surface area contributed by atoms with E-state index in [9.17, 15) is 9.59 Å². The van der Waals surface area contributed by atoms with Crippen molar-refractivity contribution in [3.05, 3.63) is 54.1 Å². The van der Waals surface area contributed by atoms with Crippen molar-refractivity contribution in [1.29, 1.82) is 0 Å². The van der Waals surface area contributed by atoms with Crippen molar-refractivity contribution < 1.29 is 28.2 Å². The van der Waals surface area contributed by atoms with Crippen LogP contribution in [0.5, 0.6) is 11.5 Å². The Hall–Kier alpha value is -3.88. The van der Waals surface area contributed by atoms with Crippen LogP contribution in [0.15, 0.2) is 52.9 Å². The van der Waals surface area contributed by atoms with E-state index in [4.69, 9.17) is 18.6 Å². The predicted octanol–water partition coefficient (Wildman–Crippen LogP) is 3.58. The second kappa shape index (κ2) is 10.2. The number of hydrogen-bond donors (Lipinski definition) is 1. The first-order chi connectivity index (χ1) is 15.0. The molecule has 1 aromatic heterocycles. The minimum absolute atomic E-state index is 0.0896. The van der Waals surface area contributed by atoms with Gasteiger partial charge in [0.25, 0.3) is 5.91 Å². The largest absolute Gasteiger partial charge is 0.493 e. The first-order valence-corrected chi connectivity index (χ1v) is 9.63. The Balaban J connectivity index is 1.54. The Kier molecular flexibility index (Phi) is 7.21. The molecule has 0 bridgehead atoms. The number of esters is 1. The fourth-order valence-electron chi connectivity index (χ4n) is 2.51. The molecule has 0 fully saturated rings. The Morgan fingerprint density at radius 2 is 1.84 bits per heavy atom. The average Bonchev–Trinajstić information content (AvgIpc) is 3.24. The third-order valence-electron chi connectivity index (χ3n) is 4.00. The van der Waals surface area contributed by atoms with Crippen LogP contribution in [0.1, 0.15) is 24.2 Å². The Morgan fingerprint density at radius 3 is 2.55 bits per heavy atom. The number of benzene rings is 2. The first-order valence-electron chi connectivity index (χ1n) is 9.63. The van der Waals surface area contributed by atoms with E-state index in [-0.39, 0.29) is 17.5 Å². The Labute approximate surface area is 179 Å². The van der Waals surface area contributed by atoms with Crippen LogP contribution < -0.4 is 14.8 Å². The van der Waals surface area contributed by atoms with Gasteiger partial charge in [0.15, 0.2) is 18.1 Å². The van der Waals surface area contributed by atoms with Crippen LogP contribution in [0.2, 0.25) is 0 Å². The minimum Gasteiger partial charge on any atom is -0.493 e. The number of ether oxygens (including phenoxy) is 3. The van der Waals surface area contributed by atoms with Gasteiger partial charge in [-0.25, -0.2) is 4.79 Å². The molecule has 31 heavy (non-hydrogen) atoms.